The summed E-state index contributed by atoms with van der Waals surface area (Å²) in [5, 5.41) is 2.87. The Hall–Kier alpha value is -4.14. The number of hydrogen-bond donors (Lipinski definition) is 1. The van der Waals surface area contributed by atoms with Crippen molar-refractivity contribution in [2.75, 3.05) is 37.5 Å². The van der Waals surface area contributed by atoms with Gasteiger partial charge in [0, 0.05) is 25.3 Å². The van der Waals surface area contributed by atoms with E-state index in [2.05, 4.69) is 5.32 Å². The number of amides is 3. The molecule has 0 saturated carbocycles. The highest BCUT2D eigenvalue weighted by Crippen LogP contribution is 2.34. The molecule has 7 nitrogen and oxygen atoms in total. The second kappa shape index (κ2) is 11.1. The summed E-state index contributed by atoms with van der Waals surface area (Å²) in [6.07, 6.45) is 0.850. The summed E-state index contributed by atoms with van der Waals surface area (Å²) in [5.41, 5.74) is 2.37. The molecule has 1 saturated heterocycles. The van der Waals surface area contributed by atoms with Crippen LogP contribution in [0.1, 0.15) is 17.5 Å². The molecule has 1 aliphatic heterocycles. The van der Waals surface area contributed by atoms with Crippen molar-refractivity contribution in [3.05, 3.63) is 83.4 Å². The first kappa shape index (κ1) is 25.0. The molecule has 1 N–H and O–H groups in total. The van der Waals surface area contributed by atoms with Gasteiger partial charge in [0.05, 0.1) is 26.3 Å². The fourth-order valence-electron chi connectivity index (χ4n) is 4.12. The minimum atomic E-state index is -0.950. The van der Waals surface area contributed by atoms with Crippen LogP contribution in [-0.4, -0.2) is 44.1 Å². The second-order valence-electron chi connectivity index (χ2n) is 8.42. The van der Waals surface area contributed by atoms with E-state index < -0.39 is 11.6 Å². The molecule has 9 heteroatoms. The number of halogens is 2. The van der Waals surface area contributed by atoms with E-state index in [9.17, 15) is 18.4 Å². The lowest BCUT2D eigenvalue weighted by Crippen LogP contribution is -2.49. The van der Waals surface area contributed by atoms with Gasteiger partial charge in [0.1, 0.15) is 11.5 Å². The fourth-order valence-corrected chi connectivity index (χ4v) is 4.12. The van der Waals surface area contributed by atoms with Gasteiger partial charge in [-0.25, -0.2) is 13.6 Å². The maximum Gasteiger partial charge on any atom is 0.324 e. The van der Waals surface area contributed by atoms with Crippen molar-refractivity contribution in [3.63, 3.8) is 0 Å². The molecule has 3 amide bonds. The molecule has 3 aromatic carbocycles. The van der Waals surface area contributed by atoms with Crippen LogP contribution in [-0.2, 0) is 17.8 Å². The van der Waals surface area contributed by atoms with Gasteiger partial charge in [0.25, 0.3) is 0 Å². The molecule has 0 radical (unpaired) electrons. The number of hydrogen-bond acceptors (Lipinski definition) is 4. The molecule has 36 heavy (non-hydrogen) atoms. The minimum Gasteiger partial charge on any atom is -0.497 e. The number of benzene rings is 3. The quantitative estimate of drug-likeness (QED) is 0.478. The summed E-state index contributed by atoms with van der Waals surface area (Å²) in [7, 11) is 3.09. The number of nitrogens with one attached hydrogen (secondary N) is 1. The average Bonchev–Trinajstić information content (AvgIpc) is 2.88. The van der Waals surface area contributed by atoms with E-state index in [0.717, 1.165) is 17.7 Å². The van der Waals surface area contributed by atoms with Crippen LogP contribution in [0.2, 0.25) is 0 Å². The Morgan fingerprint density at radius 2 is 1.67 bits per heavy atom. The molecule has 0 aliphatic carbocycles. The van der Waals surface area contributed by atoms with Crippen LogP contribution in [0.25, 0.3) is 0 Å². The van der Waals surface area contributed by atoms with E-state index in [1.54, 1.807) is 47.2 Å². The van der Waals surface area contributed by atoms with Crippen molar-refractivity contribution in [1.82, 2.24) is 4.90 Å². The van der Waals surface area contributed by atoms with E-state index in [0.29, 0.717) is 47.9 Å². The number of methoxy groups -OCH3 is 2. The average molecular weight is 496 g/mol. The van der Waals surface area contributed by atoms with Crippen molar-refractivity contribution < 1.29 is 27.8 Å². The van der Waals surface area contributed by atoms with Crippen LogP contribution < -0.4 is 19.7 Å². The van der Waals surface area contributed by atoms with Crippen LogP contribution in [0, 0.1) is 11.6 Å². The second-order valence-corrected chi connectivity index (χ2v) is 8.42. The minimum absolute atomic E-state index is 0.146. The Morgan fingerprint density at radius 3 is 2.36 bits per heavy atom. The van der Waals surface area contributed by atoms with E-state index in [4.69, 9.17) is 9.47 Å². The molecule has 1 aliphatic rings. The third-order valence-electron chi connectivity index (χ3n) is 5.95. The van der Waals surface area contributed by atoms with Gasteiger partial charge in [-0.1, -0.05) is 18.2 Å². The fraction of sp³-hybridized carbons (Fsp3) is 0.259. The van der Waals surface area contributed by atoms with Crippen LogP contribution in [0.5, 0.6) is 11.5 Å². The third kappa shape index (κ3) is 5.73. The molecule has 1 fully saturated rings. The zero-order valence-corrected chi connectivity index (χ0v) is 20.1. The van der Waals surface area contributed by atoms with Crippen LogP contribution >= 0.6 is 0 Å². The zero-order valence-electron chi connectivity index (χ0n) is 20.1. The molecule has 4 rings (SSSR count). The summed E-state index contributed by atoms with van der Waals surface area (Å²) >= 11 is 0. The molecule has 1 heterocycles. The van der Waals surface area contributed by atoms with Gasteiger partial charge >= 0.3 is 6.03 Å². The highest BCUT2D eigenvalue weighted by molar-refractivity contribution is 5.97. The predicted molar refractivity (Wildman–Crippen MR) is 132 cm³/mol. The lowest BCUT2D eigenvalue weighted by molar-refractivity contribution is -0.115. The Kier molecular flexibility index (Phi) is 7.68. The van der Waals surface area contributed by atoms with E-state index in [1.165, 1.54) is 13.2 Å². The first-order valence-electron chi connectivity index (χ1n) is 11.5. The van der Waals surface area contributed by atoms with Gasteiger partial charge in [-0.2, -0.15) is 0 Å². The largest absolute Gasteiger partial charge is 0.497 e. The lowest BCUT2D eigenvalue weighted by atomic mass is 10.1. The van der Waals surface area contributed by atoms with Crippen LogP contribution in [0.15, 0.2) is 60.7 Å². The number of urea groups is 1. The number of carbonyl (C=O) groups is 2. The summed E-state index contributed by atoms with van der Waals surface area (Å²) in [5.74, 6) is -0.898. The molecule has 0 bridgehead atoms. The maximum atomic E-state index is 13.6. The number of anilines is 2. The molecule has 0 aromatic heterocycles. The van der Waals surface area contributed by atoms with Crippen molar-refractivity contribution in [2.24, 2.45) is 0 Å². The predicted octanol–water partition coefficient (Wildman–Crippen LogP) is 5.00. The zero-order chi connectivity index (χ0) is 25.7. The normalized spacial score (nSPS) is 13.5. The molecule has 3 aromatic rings. The highest BCUT2D eigenvalue weighted by atomic mass is 19.2. The lowest BCUT2D eigenvalue weighted by Gasteiger charge is -2.36. The first-order chi connectivity index (χ1) is 17.4. The maximum absolute atomic E-state index is 13.6. The Bertz CT molecular complexity index is 1250. The monoisotopic (exact) mass is 495 g/mol. The summed E-state index contributed by atoms with van der Waals surface area (Å²) < 4.78 is 37.6. The summed E-state index contributed by atoms with van der Waals surface area (Å²) in [4.78, 5) is 29.1. The van der Waals surface area contributed by atoms with Gasteiger partial charge in [0.2, 0.25) is 5.91 Å². The third-order valence-corrected chi connectivity index (χ3v) is 5.95. The van der Waals surface area contributed by atoms with Gasteiger partial charge < -0.3 is 19.7 Å². The van der Waals surface area contributed by atoms with E-state index >= 15 is 0 Å². The number of carbonyl (C=O) groups excluding carboxylic acids is 2. The molecule has 0 atom stereocenters. The van der Waals surface area contributed by atoms with Crippen molar-refractivity contribution in [3.8, 4) is 11.5 Å². The molecular formula is C27H27F2N3O4. The van der Waals surface area contributed by atoms with Crippen molar-refractivity contribution in [1.29, 1.82) is 0 Å². The Morgan fingerprint density at radius 1 is 0.917 bits per heavy atom. The van der Waals surface area contributed by atoms with Crippen LogP contribution in [0.3, 0.4) is 0 Å². The smallest absolute Gasteiger partial charge is 0.324 e. The number of ether oxygens (including phenoxy) is 2. The van der Waals surface area contributed by atoms with Gasteiger partial charge in [-0.15, -0.1) is 0 Å². The molecule has 0 spiro atoms. The van der Waals surface area contributed by atoms with E-state index in [-0.39, 0.29) is 24.9 Å². The Labute approximate surface area is 208 Å². The number of nitrogens with zero attached hydrogens (tertiary/aromatic N) is 2. The highest BCUT2D eigenvalue weighted by Gasteiger charge is 2.29. The van der Waals surface area contributed by atoms with Gasteiger partial charge in [0.15, 0.2) is 11.6 Å². The van der Waals surface area contributed by atoms with Gasteiger partial charge in [-0.3, -0.25) is 9.69 Å². The van der Waals surface area contributed by atoms with Crippen molar-refractivity contribution in [2.45, 2.75) is 19.4 Å². The Balaban J connectivity index is 1.49. The topological polar surface area (TPSA) is 71.1 Å². The van der Waals surface area contributed by atoms with E-state index in [1.807, 2.05) is 12.1 Å². The first-order valence-corrected chi connectivity index (χ1v) is 11.5. The standard InChI is InChI=1S/C27H27F2N3O4/c1-35-21-8-4-18(5-9-21)15-26(33)30-20-7-11-25(36-2)24(16-20)32-13-3-12-31(27(32)34)17-19-6-10-22(28)23(29)14-19/h4-11,14,16H,3,12-13,15,17H2,1-2H3,(H,30,33). The summed E-state index contributed by atoms with van der Waals surface area (Å²) in [6.45, 7) is 1.08. The summed E-state index contributed by atoms with van der Waals surface area (Å²) in [6, 6.07) is 15.7. The SMILES string of the molecule is COc1ccc(CC(=O)Nc2ccc(OC)c(N3CCCN(Cc4ccc(F)c(F)c4)C3=O)c2)cc1. The molecule has 188 valence electrons. The van der Waals surface area contributed by atoms with Crippen LogP contribution in [0.4, 0.5) is 25.0 Å². The van der Waals surface area contributed by atoms with Crippen molar-refractivity contribution >= 4 is 23.3 Å². The van der Waals surface area contributed by atoms with Gasteiger partial charge in [-0.05, 0) is 60.0 Å². The number of rotatable bonds is 8. The molecular weight excluding hydrogens is 468 g/mol. The molecule has 0 unspecified atom stereocenters.